The van der Waals surface area contributed by atoms with Crippen LogP contribution in [0.4, 0.5) is 5.69 Å². The molecule has 1 unspecified atom stereocenters. The van der Waals surface area contributed by atoms with Gasteiger partial charge in [-0.05, 0) is 48.4 Å². The average Bonchev–Trinajstić information content (AvgIpc) is 2.68. The predicted octanol–water partition coefficient (Wildman–Crippen LogP) is 3.95. The molecule has 0 aliphatic carbocycles. The van der Waals surface area contributed by atoms with E-state index < -0.39 is 13.4 Å². The van der Waals surface area contributed by atoms with Gasteiger partial charge >= 0.3 is 5.69 Å². The van der Waals surface area contributed by atoms with Gasteiger partial charge < -0.3 is 13.8 Å². The quantitative estimate of drug-likeness (QED) is 0.338. The van der Waals surface area contributed by atoms with Crippen molar-refractivity contribution >= 4 is 20.5 Å². The highest BCUT2D eigenvalue weighted by atomic mass is 31.2. The number of ether oxygens (including phenoxy) is 1. The van der Waals surface area contributed by atoms with Crippen LogP contribution in [-0.2, 0) is 15.7 Å². The minimum Gasteiger partial charge on any atom is -0.450 e. The van der Waals surface area contributed by atoms with E-state index in [0.29, 0.717) is 24.2 Å². The first-order valence-electron chi connectivity index (χ1n) is 7.95. The monoisotopic (exact) mass is 376 g/mol. The molecule has 1 aliphatic rings. The van der Waals surface area contributed by atoms with Gasteiger partial charge in [0.2, 0.25) is 5.75 Å². The smallest absolute Gasteiger partial charge is 0.311 e. The third-order valence-corrected chi connectivity index (χ3v) is 4.85. The number of nitro groups is 1. The zero-order valence-electron chi connectivity index (χ0n) is 13.8. The summed E-state index contributed by atoms with van der Waals surface area (Å²) < 4.78 is 16.8. The molecule has 0 bridgehead atoms. The van der Waals surface area contributed by atoms with Gasteiger partial charge in [-0.15, -0.1) is 0 Å². The lowest BCUT2D eigenvalue weighted by molar-refractivity contribution is -0.385. The van der Waals surface area contributed by atoms with Crippen LogP contribution < -0.4 is 9.82 Å². The average molecular weight is 376 g/mol. The van der Waals surface area contributed by atoms with Gasteiger partial charge in [-0.25, -0.2) is 0 Å². The van der Waals surface area contributed by atoms with Gasteiger partial charge in [-0.2, -0.15) is 0 Å². The van der Waals surface area contributed by atoms with Crippen molar-refractivity contribution in [1.82, 2.24) is 5.09 Å². The molecule has 2 aromatic carbocycles. The molecule has 0 spiro atoms. The Labute approximate surface area is 151 Å². The number of carbonyl (C=O) groups excluding carboxylic acids is 1. The lowest BCUT2D eigenvalue weighted by Gasteiger charge is -2.22. The molecule has 0 amide bonds. The van der Waals surface area contributed by atoms with E-state index in [4.69, 9.17) is 13.8 Å². The Kier molecular flexibility index (Phi) is 6.25. The van der Waals surface area contributed by atoms with Crippen molar-refractivity contribution in [2.75, 3.05) is 13.2 Å². The molecule has 0 radical (unpaired) electrons. The normalized spacial score (nSPS) is 16.8. The van der Waals surface area contributed by atoms with Gasteiger partial charge in [0, 0.05) is 18.2 Å². The van der Waals surface area contributed by atoms with Crippen LogP contribution in [0.5, 0.6) is 11.5 Å². The Balaban J connectivity index is 1.74. The van der Waals surface area contributed by atoms with Crippen LogP contribution in [0.3, 0.4) is 0 Å². The molecule has 136 valence electrons. The highest BCUT2D eigenvalue weighted by Crippen LogP contribution is 2.38. The van der Waals surface area contributed by atoms with Gasteiger partial charge in [0.15, 0.2) is 0 Å². The van der Waals surface area contributed by atoms with Gasteiger partial charge in [0.1, 0.15) is 12.0 Å². The van der Waals surface area contributed by atoms with E-state index >= 15 is 0 Å². The number of aldehydes is 1. The lowest BCUT2D eigenvalue weighted by atomic mass is 10.2. The van der Waals surface area contributed by atoms with E-state index in [-0.39, 0.29) is 18.0 Å². The van der Waals surface area contributed by atoms with E-state index in [0.717, 1.165) is 18.5 Å². The molecule has 3 rings (SSSR count). The molecule has 26 heavy (non-hydrogen) atoms. The van der Waals surface area contributed by atoms with Gasteiger partial charge in [0.05, 0.1) is 18.1 Å². The number of carbonyl (C=O) groups is 1. The van der Waals surface area contributed by atoms with Crippen molar-refractivity contribution in [1.29, 1.82) is 0 Å². The number of nitrogens with one attached hydrogen (secondary N) is 1. The minimum absolute atomic E-state index is 0.111. The second-order valence-electron chi connectivity index (χ2n) is 5.47. The van der Waals surface area contributed by atoms with Crippen molar-refractivity contribution in [3.05, 3.63) is 63.7 Å². The summed E-state index contributed by atoms with van der Waals surface area (Å²) in [5, 5.41) is 14.4. The molecule has 2 aromatic rings. The van der Waals surface area contributed by atoms with Gasteiger partial charge in [0.25, 0.3) is 8.53 Å². The van der Waals surface area contributed by atoms with E-state index in [1.165, 1.54) is 6.07 Å². The lowest BCUT2D eigenvalue weighted by Crippen LogP contribution is -2.19. The minimum atomic E-state index is -1.14. The van der Waals surface area contributed by atoms with E-state index in [1.807, 2.05) is 0 Å². The molecule has 1 heterocycles. The molecule has 0 saturated carbocycles. The fourth-order valence-corrected chi connectivity index (χ4v) is 3.43. The fraction of sp³-hybridized carbons (Fsp3) is 0.235. The summed E-state index contributed by atoms with van der Waals surface area (Å²) in [5.74, 6) is 0.513. The first-order chi connectivity index (χ1) is 12.7. The predicted molar refractivity (Wildman–Crippen MR) is 95.3 cm³/mol. The van der Waals surface area contributed by atoms with Crippen molar-refractivity contribution in [3.63, 3.8) is 0 Å². The SMILES string of the molecule is O=Cc1ccc(Oc2cc(COP3NCCCO3)ccc2[N+](=O)[O-])cc1. The topological polar surface area (TPSA) is 99.9 Å². The number of hydrogen-bond acceptors (Lipinski definition) is 7. The zero-order chi connectivity index (χ0) is 18.4. The van der Waals surface area contributed by atoms with Crippen molar-refractivity contribution in [3.8, 4) is 11.5 Å². The molecule has 0 aromatic heterocycles. The standard InChI is InChI=1S/C17H17N2O6P/c20-11-13-2-5-15(6-3-13)25-17-10-14(4-7-16(17)19(21)22)12-24-26-18-8-1-9-23-26/h2-7,10-11,18H,1,8-9,12H2. The molecule has 1 aliphatic heterocycles. The zero-order valence-corrected chi connectivity index (χ0v) is 14.7. The summed E-state index contributed by atoms with van der Waals surface area (Å²) in [6, 6.07) is 10.9. The van der Waals surface area contributed by atoms with E-state index in [1.54, 1.807) is 36.4 Å². The largest absolute Gasteiger partial charge is 0.450 e. The first kappa shape index (κ1) is 18.4. The van der Waals surface area contributed by atoms with Crippen LogP contribution in [-0.4, -0.2) is 24.4 Å². The Bertz CT molecular complexity index is 777. The third-order valence-electron chi connectivity index (χ3n) is 3.58. The van der Waals surface area contributed by atoms with Crippen LogP contribution in [0.15, 0.2) is 42.5 Å². The summed E-state index contributed by atoms with van der Waals surface area (Å²) in [4.78, 5) is 21.5. The highest BCUT2D eigenvalue weighted by molar-refractivity contribution is 7.45. The Morgan fingerprint density at radius 2 is 2.08 bits per heavy atom. The third kappa shape index (κ3) is 4.83. The number of nitrogens with zero attached hydrogens (tertiary/aromatic N) is 1. The van der Waals surface area contributed by atoms with E-state index in [2.05, 4.69) is 5.09 Å². The van der Waals surface area contributed by atoms with Crippen molar-refractivity contribution in [2.24, 2.45) is 0 Å². The van der Waals surface area contributed by atoms with E-state index in [9.17, 15) is 14.9 Å². The molecular weight excluding hydrogens is 359 g/mol. The second kappa shape index (κ2) is 8.82. The second-order valence-corrected chi connectivity index (χ2v) is 6.82. The summed E-state index contributed by atoms with van der Waals surface area (Å²) in [6.45, 7) is 1.75. The Morgan fingerprint density at radius 1 is 1.27 bits per heavy atom. The molecule has 8 nitrogen and oxygen atoms in total. The Hall–Kier alpha value is -2.38. The van der Waals surface area contributed by atoms with Crippen LogP contribution in [0.1, 0.15) is 22.3 Å². The summed E-state index contributed by atoms with van der Waals surface area (Å²) in [7, 11) is -1.14. The van der Waals surface area contributed by atoms with Crippen molar-refractivity contribution < 1.29 is 23.5 Å². The highest BCUT2D eigenvalue weighted by Gasteiger charge is 2.19. The summed E-state index contributed by atoms with van der Waals surface area (Å²) >= 11 is 0. The molecule has 1 fully saturated rings. The number of rotatable bonds is 7. The number of hydrogen-bond donors (Lipinski definition) is 1. The van der Waals surface area contributed by atoms with Crippen LogP contribution in [0.25, 0.3) is 0 Å². The molecule has 9 heteroatoms. The molecule has 1 saturated heterocycles. The number of benzene rings is 2. The van der Waals surface area contributed by atoms with Gasteiger partial charge in [-0.3, -0.25) is 20.0 Å². The van der Waals surface area contributed by atoms with Crippen LogP contribution in [0, 0.1) is 10.1 Å². The number of nitro benzene ring substituents is 1. The molecule has 1 N–H and O–H groups in total. The maximum atomic E-state index is 11.3. The molecular formula is C17H17N2O6P. The van der Waals surface area contributed by atoms with Crippen LogP contribution >= 0.6 is 8.53 Å². The summed E-state index contributed by atoms with van der Waals surface area (Å²) in [5.41, 5.74) is 1.08. The maximum Gasteiger partial charge on any atom is 0.311 e. The maximum absolute atomic E-state index is 11.3. The van der Waals surface area contributed by atoms with Crippen LogP contribution in [0.2, 0.25) is 0 Å². The fourth-order valence-electron chi connectivity index (χ4n) is 2.27. The first-order valence-corrected chi connectivity index (χ1v) is 9.13. The Morgan fingerprint density at radius 3 is 2.73 bits per heavy atom. The van der Waals surface area contributed by atoms with Crippen molar-refractivity contribution in [2.45, 2.75) is 13.0 Å². The molecule has 1 atom stereocenters. The summed E-state index contributed by atoms with van der Waals surface area (Å²) in [6.07, 6.45) is 1.66. The van der Waals surface area contributed by atoms with Gasteiger partial charge in [-0.1, -0.05) is 0 Å².